The van der Waals surface area contributed by atoms with Gasteiger partial charge in [-0.25, -0.2) is 0 Å². The molecule has 0 bridgehead atoms. The van der Waals surface area contributed by atoms with Crippen LogP contribution in [0.5, 0.6) is 0 Å². The topological polar surface area (TPSA) is 29.5 Å². The largest absolute Gasteiger partial charge is 0.378 e. The van der Waals surface area contributed by atoms with E-state index in [9.17, 15) is 4.79 Å². The minimum atomic E-state index is -0.0865. The maximum atomic E-state index is 11.2. The first kappa shape index (κ1) is 8.62. The molecule has 0 unspecified atom stereocenters. The van der Waals surface area contributed by atoms with Crippen molar-refractivity contribution in [3.05, 3.63) is 11.5 Å². The van der Waals surface area contributed by atoms with E-state index in [1.54, 1.807) is 4.90 Å². The second-order valence-corrected chi connectivity index (χ2v) is 2.89. The van der Waals surface area contributed by atoms with E-state index in [0.717, 1.165) is 0 Å². The van der Waals surface area contributed by atoms with Crippen LogP contribution in [0.2, 0.25) is 0 Å². The predicted molar refractivity (Wildman–Crippen MR) is 45.5 cm³/mol. The van der Waals surface area contributed by atoms with E-state index >= 15 is 0 Å². The van der Waals surface area contributed by atoms with Gasteiger partial charge in [0.1, 0.15) is 0 Å². The molecule has 1 saturated heterocycles. The van der Waals surface area contributed by atoms with Gasteiger partial charge in [0, 0.05) is 13.1 Å². The molecule has 1 rings (SSSR count). The van der Waals surface area contributed by atoms with Crippen LogP contribution in [0.15, 0.2) is 11.5 Å². The highest BCUT2D eigenvalue weighted by Crippen LogP contribution is 2.05. The van der Waals surface area contributed by atoms with E-state index in [2.05, 4.69) is 19.2 Å². The maximum absolute atomic E-state index is 11.2. The zero-order valence-electron chi connectivity index (χ0n) is 6.25. The first-order chi connectivity index (χ1) is 5.22. The Hall–Kier alpha value is -0.480. The summed E-state index contributed by atoms with van der Waals surface area (Å²) in [6.45, 7) is 6.00. The van der Waals surface area contributed by atoms with Crippen LogP contribution in [-0.2, 0) is 9.53 Å². The summed E-state index contributed by atoms with van der Waals surface area (Å²) >= 11 is 3.88. The van der Waals surface area contributed by atoms with Gasteiger partial charge in [-0.2, -0.15) is 0 Å². The van der Waals surface area contributed by atoms with Gasteiger partial charge in [0.25, 0.3) is 5.91 Å². The Bertz CT molecular complexity index is 175. The molecule has 1 amide bonds. The van der Waals surface area contributed by atoms with Crippen LogP contribution in [0, 0.1) is 0 Å². The fourth-order valence-electron chi connectivity index (χ4n) is 0.949. The Balaban J connectivity index is 2.45. The lowest BCUT2D eigenvalue weighted by atomic mass is 10.4. The standard InChI is InChI=1S/C7H11NO2S/c1-6(11)7(9)8-2-4-10-5-3-8/h11H,1-5H2. The molecule has 0 N–H and O–H groups in total. The first-order valence-corrected chi connectivity index (χ1v) is 3.91. The van der Waals surface area contributed by atoms with E-state index in [4.69, 9.17) is 4.74 Å². The van der Waals surface area contributed by atoms with E-state index in [1.807, 2.05) is 0 Å². The normalized spacial score (nSPS) is 18.1. The second kappa shape index (κ2) is 3.78. The molecule has 0 aromatic rings. The number of morpholine rings is 1. The van der Waals surface area contributed by atoms with Crippen molar-refractivity contribution in [1.29, 1.82) is 0 Å². The summed E-state index contributed by atoms with van der Waals surface area (Å²) in [4.78, 5) is 13.2. The van der Waals surface area contributed by atoms with Crippen LogP contribution < -0.4 is 0 Å². The van der Waals surface area contributed by atoms with Gasteiger partial charge < -0.3 is 9.64 Å². The van der Waals surface area contributed by atoms with Crippen LogP contribution in [0.4, 0.5) is 0 Å². The van der Waals surface area contributed by atoms with Crippen LogP contribution >= 0.6 is 12.6 Å². The number of ether oxygens (including phenoxy) is 1. The molecule has 62 valence electrons. The molecular formula is C7H11NO2S. The van der Waals surface area contributed by atoms with E-state index in [1.165, 1.54) is 0 Å². The Kier molecular flexibility index (Phi) is 2.96. The quantitative estimate of drug-likeness (QED) is 0.456. The van der Waals surface area contributed by atoms with Crippen molar-refractivity contribution < 1.29 is 9.53 Å². The van der Waals surface area contributed by atoms with Gasteiger partial charge in [-0.3, -0.25) is 4.79 Å². The third-order valence-corrected chi connectivity index (χ3v) is 1.74. The number of thiol groups is 1. The van der Waals surface area contributed by atoms with Gasteiger partial charge in [-0.1, -0.05) is 6.58 Å². The summed E-state index contributed by atoms with van der Waals surface area (Å²) in [7, 11) is 0. The number of carbonyl (C=O) groups excluding carboxylic acids is 1. The SMILES string of the molecule is C=C(S)C(=O)N1CCOCC1. The molecule has 4 heteroatoms. The molecule has 0 saturated carbocycles. The van der Waals surface area contributed by atoms with Crippen LogP contribution in [0.1, 0.15) is 0 Å². The predicted octanol–water partition coefficient (Wildman–Crippen LogP) is 0.289. The van der Waals surface area contributed by atoms with Gasteiger partial charge in [0.2, 0.25) is 0 Å². The summed E-state index contributed by atoms with van der Waals surface area (Å²) in [5, 5.41) is 0. The lowest BCUT2D eigenvalue weighted by Gasteiger charge is -2.26. The molecular weight excluding hydrogens is 162 g/mol. The number of hydrogen-bond donors (Lipinski definition) is 1. The summed E-state index contributed by atoms with van der Waals surface area (Å²) in [6, 6.07) is 0. The Labute approximate surface area is 71.4 Å². The maximum Gasteiger partial charge on any atom is 0.259 e. The van der Waals surface area contributed by atoms with Crippen molar-refractivity contribution in [2.45, 2.75) is 0 Å². The van der Waals surface area contributed by atoms with Gasteiger partial charge in [0.15, 0.2) is 0 Å². The van der Waals surface area contributed by atoms with Crippen molar-refractivity contribution in [3.8, 4) is 0 Å². The van der Waals surface area contributed by atoms with E-state index in [-0.39, 0.29) is 5.91 Å². The molecule has 1 fully saturated rings. The van der Waals surface area contributed by atoms with Gasteiger partial charge in [-0.15, -0.1) is 12.6 Å². The second-order valence-electron chi connectivity index (χ2n) is 2.35. The smallest absolute Gasteiger partial charge is 0.259 e. The molecule has 1 aliphatic rings. The van der Waals surface area contributed by atoms with Crippen molar-refractivity contribution in [2.75, 3.05) is 26.3 Å². The van der Waals surface area contributed by atoms with Crippen LogP contribution in [0.25, 0.3) is 0 Å². The number of nitrogens with zero attached hydrogens (tertiary/aromatic N) is 1. The highest BCUT2D eigenvalue weighted by atomic mass is 32.1. The zero-order valence-corrected chi connectivity index (χ0v) is 7.14. The van der Waals surface area contributed by atoms with Gasteiger partial charge >= 0.3 is 0 Å². The number of carbonyl (C=O) groups is 1. The highest BCUT2D eigenvalue weighted by Gasteiger charge is 2.16. The molecule has 0 radical (unpaired) electrons. The summed E-state index contributed by atoms with van der Waals surface area (Å²) in [6.07, 6.45) is 0. The third kappa shape index (κ3) is 2.24. The summed E-state index contributed by atoms with van der Waals surface area (Å²) in [5.41, 5.74) is 0. The molecule has 1 heterocycles. The minimum Gasteiger partial charge on any atom is -0.378 e. The molecule has 11 heavy (non-hydrogen) atoms. The van der Waals surface area contributed by atoms with Crippen LogP contribution in [0.3, 0.4) is 0 Å². The Morgan fingerprint density at radius 3 is 2.45 bits per heavy atom. The van der Waals surface area contributed by atoms with E-state index < -0.39 is 0 Å². The summed E-state index contributed by atoms with van der Waals surface area (Å²) in [5.74, 6) is -0.0865. The Morgan fingerprint density at radius 1 is 1.45 bits per heavy atom. The monoisotopic (exact) mass is 173 g/mol. The van der Waals surface area contributed by atoms with Crippen molar-refractivity contribution in [2.24, 2.45) is 0 Å². The van der Waals surface area contributed by atoms with Crippen molar-refractivity contribution >= 4 is 18.5 Å². The molecule has 0 aromatic heterocycles. The number of hydrogen-bond acceptors (Lipinski definition) is 3. The van der Waals surface area contributed by atoms with Crippen LogP contribution in [-0.4, -0.2) is 37.1 Å². The lowest BCUT2D eigenvalue weighted by molar-refractivity contribution is -0.130. The number of rotatable bonds is 1. The zero-order chi connectivity index (χ0) is 8.27. The Morgan fingerprint density at radius 2 is 2.00 bits per heavy atom. The fraction of sp³-hybridized carbons (Fsp3) is 0.571. The van der Waals surface area contributed by atoms with E-state index in [0.29, 0.717) is 31.2 Å². The average Bonchev–Trinajstić information content (AvgIpc) is 2.05. The highest BCUT2D eigenvalue weighted by molar-refractivity contribution is 7.85. The molecule has 0 spiro atoms. The molecule has 1 aliphatic heterocycles. The fourth-order valence-corrected chi connectivity index (χ4v) is 1.09. The van der Waals surface area contributed by atoms with Crippen molar-refractivity contribution in [1.82, 2.24) is 4.90 Å². The summed E-state index contributed by atoms with van der Waals surface area (Å²) < 4.78 is 5.08. The number of amides is 1. The van der Waals surface area contributed by atoms with Gasteiger partial charge in [0.05, 0.1) is 18.1 Å². The molecule has 3 nitrogen and oxygen atoms in total. The molecule has 0 atom stereocenters. The van der Waals surface area contributed by atoms with Crippen molar-refractivity contribution in [3.63, 3.8) is 0 Å². The molecule has 0 aliphatic carbocycles. The average molecular weight is 173 g/mol. The first-order valence-electron chi connectivity index (χ1n) is 3.46. The minimum absolute atomic E-state index is 0.0865. The lowest BCUT2D eigenvalue weighted by Crippen LogP contribution is -2.40. The molecule has 0 aromatic carbocycles. The third-order valence-electron chi connectivity index (χ3n) is 1.55. The van der Waals surface area contributed by atoms with Gasteiger partial charge in [-0.05, 0) is 0 Å².